The number of hydrogen-bond acceptors (Lipinski definition) is 8. The molecule has 1 saturated carbocycles. The molecular weight excluding hydrogens is 488 g/mol. The summed E-state index contributed by atoms with van der Waals surface area (Å²) in [6, 6.07) is 6.56. The van der Waals surface area contributed by atoms with Crippen LogP contribution in [0.25, 0.3) is 0 Å². The van der Waals surface area contributed by atoms with E-state index < -0.39 is 23.4 Å². The first-order valence-corrected chi connectivity index (χ1v) is 13.5. The summed E-state index contributed by atoms with van der Waals surface area (Å²) < 4.78 is 16.9. The highest BCUT2D eigenvalue weighted by molar-refractivity contribution is 5.88. The molecule has 1 aromatic rings. The summed E-state index contributed by atoms with van der Waals surface area (Å²) in [5.74, 6) is -2.07. The van der Waals surface area contributed by atoms with Gasteiger partial charge in [-0.1, -0.05) is 45.9 Å². The first-order chi connectivity index (χ1) is 17.8. The second-order valence-corrected chi connectivity index (χ2v) is 11.8. The van der Waals surface area contributed by atoms with Gasteiger partial charge < -0.3 is 19.3 Å². The molecule has 3 rings (SSSR count). The van der Waals surface area contributed by atoms with E-state index in [4.69, 9.17) is 23.8 Å². The number of benzene rings is 1. The summed E-state index contributed by atoms with van der Waals surface area (Å²) >= 11 is 0. The molecule has 0 bridgehead atoms. The van der Waals surface area contributed by atoms with Gasteiger partial charge in [0.15, 0.2) is 0 Å². The van der Waals surface area contributed by atoms with E-state index in [0.717, 1.165) is 29.5 Å². The van der Waals surface area contributed by atoms with Gasteiger partial charge in [-0.2, -0.15) is 9.59 Å². The van der Waals surface area contributed by atoms with Crippen molar-refractivity contribution in [3.05, 3.63) is 34.9 Å². The highest BCUT2D eigenvalue weighted by Gasteiger charge is 2.54. The van der Waals surface area contributed by atoms with Gasteiger partial charge in [0.1, 0.15) is 5.78 Å². The predicted molar refractivity (Wildman–Crippen MR) is 141 cm³/mol. The average molecular weight is 533 g/mol. The summed E-state index contributed by atoms with van der Waals surface area (Å²) in [4.78, 5) is 42.8. The van der Waals surface area contributed by atoms with Crippen LogP contribution in [0.3, 0.4) is 0 Å². The number of carbonyl (C=O) groups excluding carboxylic acids is 4. The maximum Gasteiger partial charge on any atom is 0.373 e. The number of ether oxygens (including phenoxy) is 3. The Morgan fingerprint density at radius 2 is 1.76 bits per heavy atom. The van der Waals surface area contributed by atoms with Gasteiger partial charge >= 0.3 is 12.1 Å². The minimum atomic E-state index is -1.47. The minimum Gasteiger partial charge on any atom is -0.466 e. The summed E-state index contributed by atoms with van der Waals surface area (Å²) in [6.45, 7) is 14.0. The van der Waals surface area contributed by atoms with Crippen molar-refractivity contribution in [3.8, 4) is 0 Å². The van der Waals surface area contributed by atoms with Crippen molar-refractivity contribution in [2.75, 3.05) is 33.5 Å². The van der Waals surface area contributed by atoms with Gasteiger partial charge in [-0.25, -0.2) is 0 Å². The van der Waals surface area contributed by atoms with Gasteiger partial charge in [-0.05, 0) is 55.2 Å². The van der Waals surface area contributed by atoms with E-state index in [-0.39, 0.29) is 41.7 Å². The fraction of sp³-hybridized carbons (Fsp3) is 0.700. The summed E-state index contributed by atoms with van der Waals surface area (Å²) in [7, 11) is 1.73. The molecule has 1 aromatic carbocycles. The Bertz CT molecular complexity index is 988. The topological polar surface area (TPSA) is 116 Å². The van der Waals surface area contributed by atoms with Gasteiger partial charge in [0.25, 0.3) is 0 Å². The van der Waals surface area contributed by atoms with Crippen molar-refractivity contribution in [3.63, 3.8) is 0 Å². The monoisotopic (exact) mass is 532 g/mol. The second-order valence-electron chi connectivity index (χ2n) is 11.8. The van der Waals surface area contributed by atoms with Crippen molar-refractivity contribution in [1.82, 2.24) is 0 Å². The van der Waals surface area contributed by atoms with Crippen LogP contribution in [0.2, 0.25) is 0 Å². The standard InChI is InChI=1S/C29H44O6.CO2/c1-8-22-23(30)17-28(6,32)25(26(31)35-9-2)24(22)19-14-20(27(3,4)5)16-21(15-19)29(18-33-7)10-12-34-13-11-29;2-1-3/h14-16,22,24-25,32H,8-13,17-18H2,1-7H3;. The Morgan fingerprint density at radius 3 is 2.26 bits per heavy atom. The van der Waals surface area contributed by atoms with Crippen LogP contribution < -0.4 is 0 Å². The lowest BCUT2D eigenvalue weighted by molar-refractivity contribution is -0.191. The fourth-order valence-corrected chi connectivity index (χ4v) is 6.09. The van der Waals surface area contributed by atoms with Crippen molar-refractivity contribution in [2.24, 2.45) is 11.8 Å². The molecule has 1 aliphatic carbocycles. The molecule has 1 N–H and O–H groups in total. The lowest BCUT2D eigenvalue weighted by Gasteiger charge is -2.45. The summed E-state index contributed by atoms with van der Waals surface area (Å²) in [6.07, 6.45) is 2.49. The van der Waals surface area contributed by atoms with Crippen LogP contribution in [-0.2, 0) is 44.2 Å². The van der Waals surface area contributed by atoms with Gasteiger partial charge in [0.2, 0.25) is 0 Å². The molecule has 1 saturated heterocycles. The highest BCUT2D eigenvalue weighted by Crippen LogP contribution is 2.49. The minimum absolute atomic E-state index is 0.00318. The quantitative estimate of drug-likeness (QED) is 0.522. The number of aliphatic hydroxyl groups is 1. The van der Waals surface area contributed by atoms with Gasteiger partial charge in [0, 0.05) is 44.0 Å². The first-order valence-electron chi connectivity index (χ1n) is 13.5. The van der Waals surface area contributed by atoms with Crippen LogP contribution >= 0.6 is 0 Å². The van der Waals surface area contributed by atoms with Gasteiger partial charge in [-0.3, -0.25) is 9.59 Å². The van der Waals surface area contributed by atoms with Crippen LogP contribution in [0.15, 0.2) is 18.2 Å². The lowest BCUT2D eigenvalue weighted by atomic mass is 9.60. The first kappa shape index (κ1) is 31.8. The molecule has 0 amide bonds. The largest absolute Gasteiger partial charge is 0.466 e. The molecule has 0 radical (unpaired) electrons. The van der Waals surface area contributed by atoms with Crippen LogP contribution in [0, 0.1) is 11.8 Å². The Kier molecular flexibility index (Phi) is 11.0. The lowest BCUT2D eigenvalue weighted by Crippen LogP contribution is -2.53. The number of esters is 1. The molecule has 2 aliphatic rings. The van der Waals surface area contributed by atoms with E-state index in [0.29, 0.717) is 26.2 Å². The molecule has 1 heterocycles. The highest BCUT2D eigenvalue weighted by atomic mass is 16.5. The Balaban J connectivity index is 0.00000161. The Hall–Kier alpha value is -2.38. The third-order valence-corrected chi connectivity index (χ3v) is 8.08. The number of methoxy groups -OCH3 is 1. The van der Waals surface area contributed by atoms with Crippen LogP contribution in [0.4, 0.5) is 0 Å². The van der Waals surface area contributed by atoms with Gasteiger partial charge in [-0.15, -0.1) is 0 Å². The van der Waals surface area contributed by atoms with Crippen molar-refractivity contribution < 1.29 is 38.5 Å². The second kappa shape index (κ2) is 13.1. The summed E-state index contributed by atoms with van der Waals surface area (Å²) in [5, 5.41) is 11.4. The molecule has 4 atom stereocenters. The van der Waals surface area contributed by atoms with Crippen LogP contribution in [-0.4, -0.2) is 62.1 Å². The maximum absolute atomic E-state index is 13.3. The molecule has 0 spiro atoms. The molecule has 38 heavy (non-hydrogen) atoms. The zero-order valence-corrected chi connectivity index (χ0v) is 23.9. The summed E-state index contributed by atoms with van der Waals surface area (Å²) in [5.41, 5.74) is 1.40. The van der Waals surface area contributed by atoms with E-state index in [1.165, 1.54) is 0 Å². The van der Waals surface area contributed by atoms with E-state index in [2.05, 4.69) is 39.0 Å². The predicted octanol–water partition coefficient (Wildman–Crippen LogP) is 4.11. The van der Waals surface area contributed by atoms with Gasteiger partial charge in [0.05, 0.1) is 24.7 Å². The van der Waals surface area contributed by atoms with Crippen molar-refractivity contribution in [1.29, 1.82) is 0 Å². The van der Waals surface area contributed by atoms with E-state index in [1.807, 2.05) is 6.92 Å². The molecule has 0 aromatic heterocycles. The fourth-order valence-electron chi connectivity index (χ4n) is 6.09. The average Bonchev–Trinajstić information content (AvgIpc) is 2.83. The van der Waals surface area contributed by atoms with Crippen LogP contribution in [0.5, 0.6) is 0 Å². The molecule has 8 heteroatoms. The SMILES string of the molecule is CCOC(=O)C1C(c2cc(C(C)(C)C)cc(C3(COC)CCOCC3)c2)C(CC)C(=O)CC1(C)O.O=C=O. The maximum atomic E-state index is 13.3. The Labute approximate surface area is 226 Å². The van der Waals surface area contributed by atoms with Crippen LogP contribution in [0.1, 0.15) is 89.8 Å². The van der Waals surface area contributed by atoms with Crippen molar-refractivity contribution >= 4 is 17.9 Å². The molecule has 2 fully saturated rings. The zero-order chi connectivity index (χ0) is 28.7. The molecule has 1 aliphatic heterocycles. The van der Waals surface area contributed by atoms with E-state index in [9.17, 15) is 14.7 Å². The number of carbonyl (C=O) groups is 2. The number of Topliss-reactive ketones (excluding diaryl/α,β-unsaturated/α-hetero) is 1. The zero-order valence-electron chi connectivity index (χ0n) is 23.9. The number of ketones is 1. The van der Waals surface area contributed by atoms with Crippen molar-refractivity contribution in [2.45, 2.75) is 89.6 Å². The number of hydrogen-bond donors (Lipinski definition) is 1. The molecule has 212 valence electrons. The normalized spacial score (nSPS) is 27.1. The third kappa shape index (κ3) is 6.97. The Morgan fingerprint density at radius 1 is 1.16 bits per heavy atom. The molecular formula is C30H44O8. The van der Waals surface area contributed by atoms with E-state index >= 15 is 0 Å². The smallest absolute Gasteiger partial charge is 0.373 e. The third-order valence-electron chi connectivity index (χ3n) is 8.08. The molecule has 8 nitrogen and oxygen atoms in total. The van der Waals surface area contributed by atoms with E-state index in [1.54, 1.807) is 21.0 Å². The molecule has 4 unspecified atom stereocenters. The number of rotatable bonds is 7.